The average Bonchev–Trinajstić information content (AvgIpc) is 3.13. The first-order chi connectivity index (χ1) is 14.8. The van der Waals surface area contributed by atoms with Gasteiger partial charge in [0.15, 0.2) is 0 Å². The molecule has 0 aliphatic carbocycles. The van der Waals surface area contributed by atoms with Gasteiger partial charge in [0.05, 0.1) is 0 Å². The second kappa shape index (κ2) is 10.1. The van der Waals surface area contributed by atoms with E-state index in [1.807, 2.05) is 76.4 Å². The normalized spacial score (nSPS) is 11.9. The van der Waals surface area contributed by atoms with Gasteiger partial charge < -0.3 is 15.2 Å². The van der Waals surface area contributed by atoms with Gasteiger partial charge >= 0.3 is 0 Å². The molecular weight excluding hydrogens is 388 g/mol. The zero-order valence-corrected chi connectivity index (χ0v) is 18.6. The molecule has 2 aromatic carbocycles. The molecule has 1 unspecified atom stereocenters. The third-order valence-electron chi connectivity index (χ3n) is 5.22. The minimum Gasteiger partial charge on any atom is -0.340 e. The zero-order valence-electron chi connectivity index (χ0n) is 18.6. The van der Waals surface area contributed by atoms with Gasteiger partial charge in [-0.15, -0.1) is 0 Å². The van der Waals surface area contributed by atoms with Gasteiger partial charge in [-0.2, -0.15) is 0 Å². The van der Waals surface area contributed by atoms with Gasteiger partial charge in [0.1, 0.15) is 11.9 Å². The Morgan fingerprint density at radius 2 is 1.74 bits per heavy atom. The van der Waals surface area contributed by atoms with E-state index < -0.39 is 6.04 Å². The molecule has 6 heteroatoms. The van der Waals surface area contributed by atoms with E-state index >= 15 is 0 Å². The highest BCUT2D eigenvalue weighted by atomic mass is 16.2. The van der Waals surface area contributed by atoms with E-state index in [0.29, 0.717) is 17.7 Å². The van der Waals surface area contributed by atoms with Crippen LogP contribution in [0.25, 0.3) is 0 Å². The maximum Gasteiger partial charge on any atom is 0.252 e. The lowest BCUT2D eigenvalue weighted by atomic mass is 10.0. The van der Waals surface area contributed by atoms with Crippen molar-refractivity contribution in [1.82, 2.24) is 14.9 Å². The second-order valence-electron chi connectivity index (χ2n) is 8.26. The predicted octanol–water partition coefficient (Wildman–Crippen LogP) is 4.33. The number of carbonyl (C=O) groups is 2. The van der Waals surface area contributed by atoms with Gasteiger partial charge in [-0.25, -0.2) is 4.98 Å². The van der Waals surface area contributed by atoms with Crippen LogP contribution < -0.4 is 10.6 Å². The van der Waals surface area contributed by atoms with Crippen molar-refractivity contribution in [2.75, 3.05) is 5.32 Å². The van der Waals surface area contributed by atoms with Crippen LogP contribution in [0, 0.1) is 19.8 Å². The molecule has 0 radical (unpaired) electrons. The molecule has 0 saturated carbocycles. The van der Waals surface area contributed by atoms with Crippen molar-refractivity contribution in [3.05, 3.63) is 83.4 Å². The van der Waals surface area contributed by atoms with Crippen LogP contribution in [0.5, 0.6) is 0 Å². The lowest BCUT2D eigenvalue weighted by Gasteiger charge is -2.21. The summed E-state index contributed by atoms with van der Waals surface area (Å²) in [4.78, 5) is 29.9. The van der Waals surface area contributed by atoms with E-state index in [0.717, 1.165) is 23.5 Å². The number of nitrogens with zero attached hydrogens (tertiary/aromatic N) is 2. The summed E-state index contributed by atoms with van der Waals surface area (Å²) < 4.78 is 2.06. The van der Waals surface area contributed by atoms with Gasteiger partial charge in [-0.3, -0.25) is 9.59 Å². The maximum atomic E-state index is 12.9. The third-order valence-corrected chi connectivity index (χ3v) is 5.22. The van der Waals surface area contributed by atoms with Gasteiger partial charge in [0.25, 0.3) is 5.91 Å². The van der Waals surface area contributed by atoms with E-state index in [1.165, 1.54) is 0 Å². The minimum atomic E-state index is -0.611. The maximum absolute atomic E-state index is 12.9. The molecule has 0 fully saturated rings. The van der Waals surface area contributed by atoms with Crippen molar-refractivity contribution >= 4 is 17.5 Å². The summed E-state index contributed by atoms with van der Waals surface area (Å²) in [5.74, 6) is 0.769. The Kier molecular flexibility index (Phi) is 7.23. The lowest BCUT2D eigenvalue weighted by molar-refractivity contribution is -0.118. The van der Waals surface area contributed by atoms with Crippen LogP contribution in [-0.2, 0) is 11.3 Å². The van der Waals surface area contributed by atoms with Crippen LogP contribution in [0.3, 0.4) is 0 Å². The largest absolute Gasteiger partial charge is 0.340 e. The molecule has 2 amide bonds. The number of aromatic nitrogens is 2. The molecule has 3 rings (SSSR count). The number of hydrogen-bond donors (Lipinski definition) is 2. The minimum absolute atomic E-state index is 0.214. The molecule has 0 saturated heterocycles. The van der Waals surface area contributed by atoms with E-state index in [4.69, 9.17) is 0 Å². The Morgan fingerprint density at radius 3 is 2.35 bits per heavy atom. The summed E-state index contributed by atoms with van der Waals surface area (Å²) in [5.41, 5.74) is 3.29. The summed E-state index contributed by atoms with van der Waals surface area (Å²) in [6.45, 7) is 8.65. The molecule has 0 spiro atoms. The predicted molar refractivity (Wildman–Crippen MR) is 123 cm³/mol. The first kappa shape index (κ1) is 22.3. The highest BCUT2D eigenvalue weighted by Crippen LogP contribution is 2.15. The van der Waals surface area contributed by atoms with Crippen molar-refractivity contribution in [2.45, 2.75) is 46.7 Å². The fourth-order valence-corrected chi connectivity index (χ4v) is 3.46. The summed E-state index contributed by atoms with van der Waals surface area (Å²) in [6.07, 6.45) is 4.28. The first-order valence-electron chi connectivity index (χ1n) is 10.6. The molecule has 1 aromatic heterocycles. The highest BCUT2D eigenvalue weighted by molar-refractivity contribution is 6.01. The standard InChI is InChI=1S/C25H30N4O2/c1-17(2)15-23(28-24(30)22-8-6-5-7-18(22)3)25(31)27-21-11-9-20(10-12-21)16-29-14-13-26-19(29)4/h5-14,17,23H,15-16H2,1-4H3,(H,27,31)(H,28,30). The fraction of sp³-hybridized carbons (Fsp3) is 0.320. The highest BCUT2D eigenvalue weighted by Gasteiger charge is 2.23. The fourth-order valence-electron chi connectivity index (χ4n) is 3.46. The van der Waals surface area contributed by atoms with Crippen molar-refractivity contribution in [1.29, 1.82) is 0 Å². The molecule has 0 aliphatic rings. The van der Waals surface area contributed by atoms with Gasteiger partial charge in [-0.1, -0.05) is 44.2 Å². The van der Waals surface area contributed by atoms with Crippen molar-refractivity contribution < 1.29 is 9.59 Å². The number of benzene rings is 2. The molecule has 0 aliphatic heterocycles. The van der Waals surface area contributed by atoms with Crippen LogP contribution in [-0.4, -0.2) is 27.4 Å². The molecule has 31 heavy (non-hydrogen) atoms. The Labute approximate surface area is 183 Å². The van der Waals surface area contributed by atoms with Crippen LogP contribution in [0.15, 0.2) is 60.9 Å². The van der Waals surface area contributed by atoms with E-state index in [2.05, 4.69) is 20.2 Å². The second-order valence-corrected chi connectivity index (χ2v) is 8.26. The molecule has 6 nitrogen and oxygen atoms in total. The number of imidazole rings is 1. The topological polar surface area (TPSA) is 76.0 Å². The summed E-state index contributed by atoms with van der Waals surface area (Å²) in [6, 6.07) is 14.5. The molecule has 1 atom stereocenters. The summed E-state index contributed by atoms with van der Waals surface area (Å²) >= 11 is 0. The zero-order chi connectivity index (χ0) is 22.4. The lowest BCUT2D eigenvalue weighted by Crippen LogP contribution is -2.44. The third kappa shape index (κ3) is 6.04. The Bertz CT molecular complexity index is 1040. The number of hydrogen-bond acceptors (Lipinski definition) is 3. The van der Waals surface area contributed by atoms with Gasteiger partial charge in [0.2, 0.25) is 5.91 Å². The molecular formula is C25H30N4O2. The van der Waals surface area contributed by atoms with Gasteiger partial charge in [0, 0.05) is 30.2 Å². The Balaban J connectivity index is 1.66. The molecule has 1 heterocycles. The number of nitrogens with one attached hydrogen (secondary N) is 2. The molecule has 3 aromatic rings. The number of aryl methyl sites for hydroxylation is 2. The first-order valence-corrected chi connectivity index (χ1v) is 10.6. The number of amides is 2. The quantitative estimate of drug-likeness (QED) is 0.572. The smallest absolute Gasteiger partial charge is 0.252 e. The van der Waals surface area contributed by atoms with Crippen LogP contribution in [0.4, 0.5) is 5.69 Å². The average molecular weight is 419 g/mol. The monoisotopic (exact) mass is 418 g/mol. The molecule has 2 N–H and O–H groups in total. The van der Waals surface area contributed by atoms with Crippen molar-refractivity contribution in [3.8, 4) is 0 Å². The Hall–Kier alpha value is -3.41. The number of rotatable bonds is 8. The number of anilines is 1. The van der Waals surface area contributed by atoms with E-state index in [9.17, 15) is 9.59 Å². The summed E-state index contributed by atoms with van der Waals surface area (Å²) in [5, 5.41) is 5.86. The van der Waals surface area contributed by atoms with Crippen molar-refractivity contribution in [2.24, 2.45) is 5.92 Å². The van der Waals surface area contributed by atoms with E-state index in [-0.39, 0.29) is 17.7 Å². The Morgan fingerprint density at radius 1 is 1.03 bits per heavy atom. The van der Waals surface area contributed by atoms with Crippen LogP contribution in [0.2, 0.25) is 0 Å². The van der Waals surface area contributed by atoms with E-state index in [1.54, 1.807) is 12.3 Å². The van der Waals surface area contributed by atoms with Crippen LogP contribution >= 0.6 is 0 Å². The van der Waals surface area contributed by atoms with Crippen molar-refractivity contribution in [3.63, 3.8) is 0 Å². The molecule has 0 bridgehead atoms. The van der Waals surface area contributed by atoms with Gasteiger partial charge in [-0.05, 0) is 55.5 Å². The molecule has 162 valence electrons. The number of carbonyl (C=O) groups excluding carboxylic acids is 2. The van der Waals surface area contributed by atoms with Crippen LogP contribution in [0.1, 0.15) is 47.6 Å². The summed E-state index contributed by atoms with van der Waals surface area (Å²) in [7, 11) is 0. The SMILES string of the molecule is Cc1ccccc1C(=O)NC(CC(C)C)C(=O)Nc1ccc(Cn2ccnc2C)cc1.